The molecule has 0 bridgehead atoms. The van der Waals surface area contributed by atoms with Crippen molar-refractivity contribution in [1.29, 1.82) is 0 Å². The molecule has 2 aromatic rings. The minimum absolute atomic E-state index is 0.0328. The molecule has 2 heterocycles. The van der Waals surface area contributed by atoms with Crippen LogP contribution < -0.4 is 5.43 Å². The Labute approximate surface area is 110 Å². The van der Waals surface area contributed by atoms with Gasteiger partial charge in [0.2, 0.25) is 0 Å². The summed E-state index contributed by atoms with van der Waals surface area (Å²) >= 11 is 0. The number of aromatic nitrogens is 1. The van der Waals surface area contributed by atoms with Crippen LogP contribution in [0.3, 0.4) is 0 Å². The van der Waals surface area contributed by atoms with Crippen molar-refractivity contribution >= 4 is 28.1 Å². The van der Waals surface area contributed by atoms with Gasteiger partial charge in [-0.3, -0.25) is 9.79 Å². The molecule has 0 spiro atoms. The number of aliphatic hydroxyl groups excluding tert-OH is 1. The Morgan fingerprint density at radius 2 is 2.11 bits per heavy atom. The molecule has 96 valence electrons. The number of aryl methyl sites for hydroxylation is 1. The summed E-state index contributed by atoms with van der Waals surface area (Å²) in [6, 6.07) is 5.04. The number of aliphatic hydroxyl groups is 1. The van der Waals surface area contributed by atoms with Gasteiger partial charge in [-0.15, -0.1) is 0 Å². The Balaban J connectivity index is 2.50. The van der Waals surface area contributed by atoms with Crippen LogP contribution >= 0.6 is 0 Å². The zero-order chi connectivity index (χ0) is 13.6. The molecule has 0 saturated carbocycles. The molecule has 1 aliphatic heterocycles. The number of aliphatic imine (C=N–C) groups is 1. The molecule has 0 atom stereocenters. The largest absolute Gasteiger partial charge is 0.508 e. The third-order valence-corrected chi connectivity index (χ3v) is 3.28. The number of hydrogen-bond acceptors (Lipinski definition) is 3. The number of fused-ring (bicyclic) bond motifs is 3. The smallest absolute Gasteiger partial charge is 0.189 e. The average molecular weight is 254 g/mol. The highest BCUT2D eigenvalue weighted by molar-refractivity contribution is 6.00. The molecule has 3 rings (SSSR count). The molecule has 0 radical (unpaired) electrons. The van der Waals surface area contributed by atoms with Gasteiger partial charge in [-0.1, -0.05) is 0 Å². The molecule has 0 unspecified atom stereocenters. The number of aromatic amines is 1. The van der Waals surface area contributed by atoms with Crippen LogP contribution in [0.2, 0.25) is 0 Å². The molecule has 1 aromatic carbocycles. The fourth-order valence-electron chi connectivity index (χ4n) is 2.34. The number of nitrogens with one attached hydrogen (secondary N) is 1. The van der Waals surface area contributed by atoms with Crippen molar-refractivity contribution in [3.8, 4) is 0 Å². The van der Waals surface area contributed by atoms with Crippen LogP contribution in [0.25, 0.3) is 16.7 Å². The third-order valence-electron chi connectivity index (χ3n) is 3.28. The number of benzene rings is 1. The van der Waals surface area contributed by atoms with E-state index in [2.05, 4.69) is 9.98 Å². The van der Waals surface area contributed by atoms with Crippen LogP contribution in [0, 0.1) is 6.92 Å². The Bertz CT molecular complexity index is 798. The van der Waals surface area contributed by atoms with Crippen molar-refractivity contribution in [3.05, 3.63) is 45.8 Å². The minimum Gasteiger partial charge on any atom is -0.508 e. The van der Waals surface area contributed by atoms with Gasteiger partial charge in [0.05, 0.1) is 11.2 Å². The van der Waals surface area contributed by atoms with Crippen LogP contribution in [-0.4, -0.2) is 15.8 Å². The molecular formula is C15H14N2O2. The van der Waals surface area contributed by atoms with E-state index in [0.717, 1.165) is 11.4 Å². The van der Waals surface area contributed by atoms with Gasteiger partial charge in [-0.05, 0) is 32.1 Å². The van der Waals surface area contributed by atoms with Crippen molar-refractivity contribution in [2.45, 2.75) is 20.3 Å². The van der Waals surface area contributed by atoms with Gasteiger partial charge in [-0.2, -0.15) is 0 Å². The number of H-pyrrole nitrogens is 1. The Kier molecular flexibility index (Phi) is 2.52. The van der Waals surface area contributed by atoms with Crippen molar-refractivity contribution in [2.24, 2.45) is 4.99 Å². The van der Waals surface area contributed by atoms with E-state index in [9.17, 15) is 9.90 Å². The lowest BCUT2D eigenvalue weighted by Gasteiger charge is -2.08. The summed E-state index contributed by atoms with van der Waals surface area (Å²) in [6.45, 7) is 3.74. The lowest BCUT2D eigenvalue weighted by atomic mass is 10.1. The molecule has 1 aliphatic rings. The summed E-state index contributed by atoms with van der Waals surface area (Å²) in [4.78, 5) is 19.7. The highest BCUT2D eigenvalue weighted by atomic mass is 16.3. The van der Waals surface area contributed by atoms with E-state index >= 15 is 0 Å². The summed E-state index contributed by atoms with van der Waals surface area (Å²) in [7, 11) is 0. The van der Waals surface area contributed by atoms with Gasteiger partial charge >= 0.3 is 0 Å². The standard InChI is InChI=1S/C15H14N2O2/c1-8-3-6-12(18)10-4-5-11-13(19)7-9(2)17-15(11)14(10)16-8/h4-7,18H,3H2,1-2H3,(H,17,19). The zero-order valence-corrected chi connectivity index (χ0v) is 10.8. The van der Waals surface area contributed by atoms with E-state index in [0.29, 0.717) is 28.6 Å². The topological polar surface area (TPSA) is 65.5 Å². The molecule has 4 nitrogen and oxygen atoms in total. The molecule has 0 amide bonds. The fourth-order valence-corrected chi connectivity index (χ4v) is 2.34. The first kappa shape index (κ1) is 11.7. The van der Waals surface area contributed by atoms with Gasteiger partial charge in [0.25, 0.3) is 0 Å². The molecule has 0 aliphatic carbocycles. The van der Waals surface area contributed by atoms with E-state index < -0.39 is 0 Å². The quantitative estimate of drug-likeness (QED) is 0.758. The molecule has 0 fully saturated rings. The summed E-state index contributed by atoms with van der Waals surface area (Å²) < 4.78 is 0. The van der Waals surface area contributed by atoms with Crippen LogP contribution in [0.15, 0.2) is 34.1 Å². The van der Waals surface area contributed by atoms with Crippen molar-refractivity contribution < 1.29 is 5.11 Å². The second kappa shape index (κ2) is 4.09. The SMILES string of the molecule is CC1=Nc2c(ccc3c(=O)cc(C)[nH]c23)C(O)=CC1. The summed E-state index contributed by atoms with van der Waals surface area (Å²) in [6.07, 6.45) is 2.35. The van der Waals surface area contributed by atoms with E-state index in [-0.39, 0.29) is 11.2 Å². The normalized spacial score (nSPS) is 14.6. The summed E-state index contributed by atoms with van der Waals surface area (Å²) in [5.74, 6) is 0.208. The van der Waals surface area contributed by atoms with E-state index in [1.165, 1.54) is 0 Å². The number of nitrogens with zero attached hydrogens (tertiary/aromatic N) is 1. The van der Waals surface area contributed by atoms with E-state index in [1.54, 1.807) is 24.3 Å². The monoisotopic (exact) mass is 254 g/mol. The number of hydrogen-bond donors (Lipinski definition) is 2. The fraction of sp³-hybridized carbons (Fsp3) is 0.200. The molecular weight excluding hydrogens is 240 g/mol. The van der Waals surface area contributed by atoms with Gasteiger partial charge in [0.15, 0.2) is 5.43 Å². The first-order valence-electron chi connectivity index (χ1n) is 6.16. The Hall–Kier alpha value is -2.36. The highest BCUT2D eigenvalue weighted by Crippen LogP contribution is 2.33. The van der Waals surface area contributed by atoms with Crippen molar-refractivity contribution in [3.63, 3.8) is 0 Å². The average Bonchev–Trinajstić information content (AvgIpc) is 2.50. The summed E-state index contributed by atoms with van der Waals surface area (Å²) in [5.41, 5.74) is 3.64. The van der Waals surface area contributed by atoms with E-state index in [1.807, 2.05) is 13.8 Å². The lowest BCUT2D eigenvalue weighted by molar-refractivity contribution is 0.511. The number of rotatable bonds is 0. The van der Waals surface area contributed by atoms with Gasteiger partial charge in [-0.25, -0.2) is 0 Å². The molecule has 0 saturated heterocycles. The van der Waals surface area contributed by atoms with Crippen molar-refractivity contribution in [2.75, 3.05) is 0 Å². The number of pyridine rings is 1. The van der Waals surface area contributed by atoms with E-state index in [4.69, 9.17) is 0 Å². The first-order chi connectivity index (χ1) is 9.06. The molecule has 2 N–H and O–H groups in total. The predicted molar refractivity (Wildman–Crippen MR) is 77.3 cm³/mol. The maximum atomic E-state index is 12.0. The van der Waals surface area contributed by atoms with Crippen LogP contribution in [0.5, 0.6) is 0 Å². The van der Waals surface area contributed by atoms with Crippen molar-refractivity contribution in [1.82, 2.24) is 4.98 Å². The minimum atomic E-state index is -0.0328. The van der Waals surface area contributed by atoms with Crippen LogP contribution in [0.4, 0.5) is 5.69 Å². The third kappa shape index (κ3) is 1.85. The molecule has 1 aromatic heterocycles. The van der Waals surface area contributed by atoms with Gasteiger partial charge < -0.3 is 10.1 Å². The summed E-state index contributed by atoms with van der Waals surface area (Å²) in [5, 5.41) is 10.6. The second-order valence-electron chi connectivity index (χ2n) is 4.84. The molecule has 4 heteroatoms. The first-order valence-corrected chi connectivity index (χ1v) is 6.16. The maximum absolute atomic E-state index is 12.0. The zero-order valence-electron chi connectivity index (χ0n) is 10.8. The Morgan fingerprint density at radius 3 is 2.89 bits per heavy atom. The predicted octanol–water partition coefficient (Wildman–Crippen LogP) is 3.23. The van der Waals surface area contributed by atoms with Crippen LogP contribution in [-0.2, 0) is 0 Å². The van der Waals surface area contributed by atoms with Gasteiger partial charge in [0.1, 0.15) is 5.76 Å². The molecule has 19 heavy (non-hydrogen) atoms. The number of allylic oxidation sites excluding steroid dienone is 1. The highest BCUT2D eigenvalue weighted by Gasteiger charge is 2.15. The second-order valence-corrected chi connectivity index (χ2v) is 4.84. The maximum Gasteiger partial charge on any atom is 0.189 e. The van der Waals surface area contributed by atoms with Crippen LogP contribution in [0.1, 0.15) is 24.6 Å². The Morgan fingerprint density at radius 1 is 1.32 bits per heavy atom. The lowest BCUT2D eigenvalue weighted by Crippen LogP contribution is -2.03. The van der Waals surface area contributed by atoms with Gasteiger partial charge in [0, 0.05) is 34.8 Å².